The lowest BCUT2D eigenvalue weighted by Gasteiger charge is -2.22. The Bertz CT molecular complexity index is 454. The molecule has 0 saturated carbocycles. The van der Waals surface area contributed by atoms with Crippen molar-refractivity contribution in [1.29, 1.82) is 0 Å². The van der Waals surface area contributed by atoms with Gasteiger partial charge < -0.3 is 10.6 Å². The van der Waals surface area contributed by atoms with E-state index < -0.39 is 0 Å². The molecule has 0 unspecified atom stereocenters. The molecule has 0 spiro atoms. The van der Waals surface area contributed by atoms with Crippen molar-refractivity contribution < 1.29 is 4.79 Å². The summed E-state index contributed by atoms with van der Waals surface area (Å²) in [6.07, 6.45) is 0. The van der Waals surface area contributed by atoms with Gasteiger partial charge in [0, 0.05) is 13.1 Å². The van der Waals surface area contributed by atoms with Crippen molar-refractivity contribution in [1.82, 2.24) is 4.90 Å². The van der Waals surface area contributed by atoms with E-state index in [4.69, 9.17) is 5.73 Å². The van der Waals surface area contributed by atoms with Gasteiger partial charge in [0.1, 0.15) is 0 Å². The summed E-state index contributed by atoms with van der Waals surface area (Å²) in [7, 11) is 0. The van der Waals surface area contributed by atoms with E-state index in [9.17, 15) is 4.79 Å². The first-order valence-corrected chi connectivity index (χ1v) is 6.98. The summed E-state index contributed by atoms with van der Waals surface area (Å²) in [6.45, 7) is 8.10. The van der Waals surface area contributed by atoms with Crippen LogP contribution in [0.15, 0.2) is 12.1 Å². The second kappa shape index (κ2) is 7.20. The predicted octanol–water partition coefficient (Wildman–Crippen LogP) is 2.18. The molecule has 0 bridgehead atoms. The van der Waals surface area contributed by atoms with Crippen LogP contribution in [0.5, 0.6) is 0 Å². The molecule has 0 saturated heterocycles. The van der Waals surface area contributed by atoms with Gasteiger partial charge in [-0.3, -0.25) is 4.79 Å². The minimum Gasteiger partial charge on any atom is -0.338 e. The molecule has 1 amide bonds. The van der Waals surface area contributed by atoms with Crippen molar-refractivity contribution in [3.63, 3.8) is 0 Å². The van der Waals surface area contributed by atoms with Crippen LogP contribution in [-0.4, -0.2) is 30.4 Å². The van der Waals surface area contributed by atoms with Gasteiger partial charge in [-0.2, -0.15) is 0 Å². The highest BCUT2D eigenvalue weighted by atomic mass is 32.1. The van der Waals surface area contributed by atoms with E-state index in [1.807, 2.05) is 24.0 Å². The zero-order valence-electron chi connectivity index (χ0n) is 11.2. The van der Waals surface area contributed by atoms with Crippen LogP contribution in [0.4, 0.5) is 0 Å². The van der Waals surface area contributed by atoms with E-state index in [0.717, 1.165) is 22.8 Å². The maximum Gasteiger partial charge on any atom is 0.263 e. The van der Waals surface area contributed by atoms with Crippen LogP contribution in [-0.2, 0) is 0 Å². The van der Waals surface area contributed by atoms with Crippen LogP contribution in [0.25, 0.3) is 0 Å². The zero-order chi connectivity index (χ0) is 13.5. The third-order valence-corrected chi connectivity index (χ3v) is 3.37. The van der Waals surface area contributed by atoms with Gasteiger partial charge in [-0.15, -0.1) is 11.3 Å². The van der Waals surface area contributed by atoms with Crippen LogP contribution >= 0.6 is 11.3 Å². The van der Waals surface area contributed by atoms with Crippen molar-refractivity contribution in [2.45, 2.75) is 20.8 Å². The van der Waals surface area contributed by atoms with Crippen LogP contribution < -0.4 is 5.73 Å². The number of carbonyl (C=O) groups is 1. The van der Waals surface area contributed by atoms with Crippen LogP contribution in [0, 0.1) is 17.8 Å². The third-order valence-electron chi connectivity index (χ3n) is 2.38. The Morgan fingerprint density at radius 1 is 1.50 bits per heavy atom. The van der Waals surface area contributed by atoms with Gasteiger partial charge in [0.05, 0.1) is 16.3 Å². The quantitative estimate of drug-likeness (QED) is 0.847. The fourth-order valence-electron chi connectivity index (χ4n) is 1.61. The number of nitrogens with two attached hydrogens (primary N) is 1. The Morgan fingerprint density at radius 2 is 2.22 bits per heavy atom. The SMILES string of the molecule is CCN(CC(C)C)C(=O)c1ccc(C#CCN)s1. The number of amides is 1. The Labute approximate surface area is 113 Å². The molecule has 98 valence electrons. The average molecular weight is 264 g/mol. The van der Waals surface area contributed by atoms with E-state index >= 15 is 0 Å². The maximum atomic E-state index is 12.3. The minimum atomic E-state index is 0.0944. The average Bonchev–Trinajstić information content (AvgIpc) is 2.81. The lowest BCUT2D eigenvalue weighted by Crippen LogP contribution is -2.33. The number of hydrogen-bond donors (Lipinski definition) is 1. The molecule has 1 aromatic rings. The van der Waals surface area contributed by atoms with E-state index in [1.54, 1.807) is 0 Å². The van der Waals surface area contributed by atoms with Gasteiger partial charge in [-0.1, -0.05) is 25.7 Å². The van der Waals surface area contributed by atoms with E-state index in [2.05, 4.69) is 25.7 Å². The van der Waals surface area contributed by atoms with Crippen LogP contribution in [0.1, 0.15) is 35.3 Å². The molecule has 0 aliphatic heterocycles. The molecule has 0 aliphatic rings. The summed E-state index contributed by atoms with van der Waals surface area (Å²) >= 11 is 1.43. The molecule has 0 fully saturated rings. The Kier molecular flexibility index (Phi) is 5.90. The van der Waals surface area contributed by atoms with E-state index in [0.29, 0.717) is 12.5 Å². The summed E-state index contributed by atoms with van der Waals surface area (Å²) in [5, 5.41) is 0. The minimum absolute atomic E-state index is 0.0944. The van der Waals surface area contributed by atoms with Crippen molar-refractivity contribution in [2.75, 3.05) is 19.6 Å². The lowest BCUT2D eigenvalue weighted by atomic mass is 10.2. The molecule has 3 nitrogen and oxygen atoms in total. The smallest absolute Gasteiger partial charge is 0.263 e. The van der Waals surface area contributed by atoms with Gasteiger partial charge in [-0.25, -0.2) is 0 Å². The Hall–Kier alpha value is -1.31. The summed E-state index contributed by atoms with van der Waals surface area (Å²) in [6, 6.07) is 3.72. The monoisotopic (exact) mass is 264 g/mol. The van der Waals surface area contributed by atoms with Crippen molar-refractivity contribution in [3.8, 4) is 11.8 Å². The largest absolute Gasteiger partial charge is 0.338 e. The van der Waals surface area contributed by atoms with E-state index in [-0.39, 0.29) is 5.91 Å². The highest BCUT2D eigenvalue weighted by Crippen LogP contribution is 2.18. The molecule has 0 atom stereocenters. The predicted molar refractivity (Wildman–Crippen MR) is 76.7 cm³/mol. The second-order valence-corrected chi connectivity index (χ2v) is 5.49. The molecular formula is C14H20N2OS. The zero-order valence-corrected chi connectivity index (χ0v) is 12.0. The van der Waals surface area contributed by atoms with Gasteiger partial charge in [0.15, 0.2) is 0 Å². The molecular weight excluding hydrogens is 244 g/mol. The second-order valence-electron chi connectivity index (χ2n) is 4.41. The molecule has 0 radical (unpaired) electrons. The molecule has 2 N–H and O–H groups in total. The van der Waals surface area contributed by atoms with Gasteiger partial charge in [-0.05, 0) is 25.0 Å². The number of hydrogen-bond acceptors (Lipinski definition) is 3. The van der Waals surface area contributed by atoms with Crippen molar-refractivity contribution in [2.24, 2.45) is 11.7 Å². The summed E-state index contributed by atoms with van der Waals surface area (Å²) in [4.78, 5) is 15.8. The number of thiophene rings is 1. The number of rotatable bonds is 4. The van der Waals surface area contributed by atoms with E-state index in [1.165, 1.54) is 11.3 Å². The van der Waals surface area contributed by atoms with Gasteiger partial charge >= 0.3 is 0 Å². The highest BCUT2D eigenvalue weighted by Gasteiger charge is 2.16. The van der Waals surface area contributed by atoms with Crippen molar-refractivity contribution in [3.05, 3.63) is 21.9 Å². The lowest BCUT2D eigenvalue weighted by molar-refractivity contribution is 0.0750. The topological polar surface area (TPSA) is 46.3 Å². The Morgan fingerprint density at radius 3 is 2.78 bits per heavy atom. The van der Waals surface area contributed by atoms with Crippen molar-refractivity contribution >= 4 is 17.2 Å². The maximum absolute atomic E-state index is 12.3. The number of nitrogens with zero attached hydrogens (tertiary/aromatic N) is 1. The molecule has 1 aromatic heterocycles. The molecule has 0 aliphatic carbocycles. The normalized spacial score (nSPS) is 10.1. The number of carbonyl (C=O) groups excluding carboxylic acids is 1. The first kappa shape index (κ1) is 14.7. The highest BCUT2D eigenvalue weighted by molar-refractivity contribution is 7.14. The molecule has 1 heterocycles. The fraction of sp³-hybridized carbons (Fsp3) is 0.500. The van der Waals surface area contributed by atoms with Crippen LogP contribution in [0.2, 0.25) is 0 Å². The van der Waals surface area contributed by atoms with Crippen LogP contribution in [0.3, 0.4) is 0 Å². The van der Waals surface area contributed by atoms with Gasteiger partial charge in [0.25, 0.3) is 5.91 Å². The fourth-order valence-corrected chi connectivity index (χ4v) is 2.46. The summed E-state index contributed by atoms with van der Waals surface area (Å²) in [5.41, 5.74) is 5.32. The molecule has 18 heavy (non-hydrogen) atoms. The summed E-state index contributed by atoms with van der Waals surface area (Å²) < 4.78 is 0. The molecule has 4 heteroatoms. The molecule has 1 rings (SSSR count). The first-order valence-electron chi connectivity index (χ1n) is 6.16. The molecule has 0 aromatic carbocycles. The standard InChI is InChI=1S/C14H20N2OS/c1-4-16(10-11(2)3)14(17)13-8-7-12(18-13)6-5-9-15/h7-8,11H,4,9-10,15H2,1-3H3. The third kappa shape index (κ3) is 4.17. The summed E-state index contributed by atoms with van der Waals surface area (Å²) in [5.74, 6) is 6.32. The Balaban J connectivity index is 2.79. The van der Waals surface area contributed by atoms with Gasteiger partial charge in [0.2, 0.25) is 0 Å². The first-order chi connectivity index (χ1) is 8.58.